The number of rotatable bonds is 4. The van der Waals surface area contributed by atoms with Crippen molar-refractivity contribution in [2.45, 2.75) is 12.8 Å². The molecule has 116 valence electrons. The molecule has 4 rings (SSSR count). The van der Waals surface area contributed by atoms with E-state index >= 15 is 0 Å². The van der Waals surface area contributed by atoms with Crippen LogP contribution in [0.25, 0.3) is 16.7 Å². The molecule has 1 saturated carbocycles. The van der Waals surface area contributed by atoms with Crippen molar-refractivity contribution in [2.75, 3.05) is 12.4 Å². The van der Waals surface area contributed by atoms with Gasteiger partial charge in [-0.2, -0.15) is 4.80 Å². The maximum absolute atomic E-state index is 11.8. The van der Waals surface area contributed by atoms with E-state index in [1.807, 2.05) is 42.5 Å². The molecule has 0 radical (unpaired) electrons. The van der Waals surface area contributed by atoms with Gasteiger partial charge in [-0.3, -0.25) is 4.79 Å². The summed E-state index contributed by atoms with van der Waals surface area (Å²) in [4.78, 5) is 13.4. The standard InChI is InChI=1S/C17H16N4O2/c1-23-14-7-5-13(6-8-14)21-19-15-9-4-12(10-16(15)20-21)18-17(22)11-2-3-11/h4-11H,2-3H2,1H3,(H,18,22). The van der Waals surface area contributed by atoms with Gasteiger partial charge in [0, 0.05) is 11.6 Å². The molecule has 6 nitrogen and oxygen atoms in total. The molecule has 23 heavy (non-hydrogen) atoms. The Morgan fingerprint density at radius 3 is 2.57 bits per heavy atom. The second-order valence-corrected chi connectivity index (χ2v) is 5.65. The summed E-state index contributed by atoms with van der Waals surface area (Å²) in [6, 6.07) is 13.1. The van der Waals surface area contributed by atoms with Gasteiger partial charge in [0.1, 0.15) is 16.8 Å². The van der Waals surface area contributed by atoms with Crippen molar-refractivity contribution < 1.29 is 9.53 Å². The predicted molar refractivity (Wildman–Crippen MR) is 86.8 cm³/mol. The maximum Gasteiger partial charge on any atom is 0.227 e. The number of aromatic nitrogens is 3. The molecule has 0 saturated heterocycles. The molecule has 2 aromatic carbocycles. The summed E-state index contributed by atoms with van der Waals surface area (Å²) in [5.41, 5.74) is 3.14. The fourth-order valence-electron chi connectivity index (χ4n) is 2.41. The van der Waals surface area contributed by atoms with Crippen LogP contribution in [0.5, 0.6) is 5.75 Å². The van der Waals surface area contributed by atoms with Gasteiger partial charge in [-0.25, -0.2) is 0 Å². The van der Waals surface area contributed by atoms with E-state index in [2.05, 4.69) is 15.5 Å². The van der Waals surface area contributed by atoms with Crippen LogP contribution in [0.2, 0.25) is 0 Å². The normalized spacial score (nSPS) is 14.0. The van der Waals surface area contributed by atoms with Crippen molar-refractivity contribution in [2.24, 2.45) is 5.92 Å². The van der Waals surface area contributed by atoms with E-state index in [0.717, 1.165) is 41.0 Å². The van der Waals surface area contributed by atoms with E-state index in [4.69, 9.17) is 4.74 Å². The third-order valence-corrected chi connectivity index (χ3v) is 3.90. The average molecular weight is 308 g/mol. The molecule has 0 spiro atoms. The fourth-order valence-corrected chi connectivity index (χ4v) is 2.41. The van der Waals surface area contributed by atoms with Crippen molar-refractivity contribution in [1.82, 2.24) is 15.0 Å². The minimum Gasteiger partial charge on any atom is -0.497 e. The molecule has 1 fully saturated rings. The lowest BCUT2D eigenvalue weighted by atomic mass is 10.2. The van der Waals surface area contributed by atoms with Crippen LogP contribution in [0.3, 0.4) is 0 Å². The molecule has 1 aliphatic carbocycles. The highest BCUT2D eigenvalue weighted by Gasteiger charge is 2.29. The topological polar surface area (TPSA) is 69.0 Å². The van der Waals surface area contributed by atoms with Crippen molar-refractivity contribution in [3.63, 3.8) is 0 Å². The summed E-state index contributed by atoms with van der Waals surface area (Å²) in [5.74, 6) is 1.06. The number of benzene rings is 2. The van der Waals surface area contributed by atoms with E-state index in [1.165, 1.54) is 0 Å². The Labute approximate surface area is 133 Å². The SMILES string of the molecule is COc1ccc(-n2nc3ccc(NC(=O)C4CC4)cc3n2)cc1. The number of fused-ring (bicyclic) bond motifs is 1. The smallest absolute Gasteiger partial charge is 0.227 e. The summed E-state index contributed by atoms with van der Waals surface area (Å²) < 4.78 is 5.15. The molecule has 1 N–H and O–H groups in total. The highest BCUT2D eigenvalue weighted by Crippen LogP contribution is 2.30. The lowest BCUT2D eigenvalue weighted by molar-refractivity contribution is -0.117. The van der Waals surface area contributed by atoms with E-state index in [0.29, 0.717) is 0 Å². The van der Waals surface area contributed by atoms with E-state index in [-0.39, 0.29) is 11.8 Å². The molecule has 0 atom stereocenters. The van der Waals surface area contributed by atoms with Crippen LogP contribution in [0.15, 0.2) is 42.5 Å². The zero-order valence-electron chi connectivity index (χ0n) is 12.7. The van der Waals surface area contributed by atoms with Crippen LogP contribution in [0, 0.1) is 5.92 Å². The van der Waals surface area contributed by atoms with Gasteiger partial charge in [0.2, 0.25) is 5.91 Å². The number of anilines is 1. The van der Waals surface area contributed by atoms with Gasteiger partial charge in [-0.05, 0) is 55.3 Å². The molecular weight excluding hydrogens is 292 g/mol. The number of hydrogen-bond donors (Lipinski definition) is 1. The quantitative estimate of drug-likeness (QED) is 0.804. The largest absolute Gasteiger partial charge is 0.497 e. The molecule has 1 amide bonds. The Balaban J connectivity index is 1.62. The zero-order chi connectivity index (χ0) is 15.8. The second kappa shape index (κ2) is 5.39. The lowest BCUT2D eigenvalue weighted by Gasteiger charge is -2.02. The van der Waals surface area contributed by atoms with Gasteiger partial charge in [0.25, 0.3) is 0 Å². The first-order valence-corrected chi connectivity index (χ1v) is 7.55. The summed E-state index contributed by atoms with van der Waals surface area (Å²) in [6.45, 7) is 0. The number of nitrogens with zero attached hydrogens (tertiary/aromatic N) is 3. The highest BCUT2D eigenvalue weighted by molar-refractivity contribution is 5.95. The second-order valence-electron chi connectivity index (χ2n) is 5.65. The van der Waals surface area contributed by atoms with Gasteiger partial charge in [0.05, 0.1) is 12.8 Å². The monoisotopic (exact) mass is 308 g/mol. The first-order chi connectivity index (χ1) is 11.2. The Morgan fingerprint density at radius 1 is 1.13 bits per heavy atom. The molecule has 1 aliphatic rings. The third-order valence-electron chi connectivity index (χ3n) is 3.90. The van der Waals surface area contributed by atoms with E-state index in [1.54, 1.807) is 11.9 Å². The average Bonchev–Trinajstić information content (AvgIpc) is 3.35. The number of hydrogen-bond acceptors (Lipinski definition) is 4. The maximum atomic E-state index is 11.8. The number of amides is 1. The number of carbonyl (C=O) groups is 1. The Bertz CT molecular complexity index is 866. The van der Waals surface area contributed by atoms with Crippen molar-refractivity contribution >= 4 is 22.6 Å². The fraction of sp³-hybridized carbons (Fsp3) is 0.235. The van der Waals surface area contributed by atoms with Crippen molar-refractivity contribution in [1.29, 1.82) is 0 Å². The van der Waals surface area contributed by atoms with Crippen LogP contribution in [0.4, 0.5) is 5.69 Å². The van der Waals surface area contributed by atoms with Gasteiger partial charge in [-0.1, -0.05) is 0 Å². The molecule has 0 aliphatic heterocycles. The Kier molecular flexibility index (Phi) is 3.22. The Hall–Kier alpha value is -2.89. The summed E-state index contributed by atoms with van der Waals surface area (Å²) in [6.07, 6.45) is 1.98. The third kappa shape index (κ3) is 2.75. The van der Waals surface area contributed by atoms with Crippen LogP contribution in [-0.2, 0) is 4.79 Å². The molecule has 1 heterocycles. The number of methoxy groups -OCH3 is 1. The summed E-state index contributed by atoms with van der Waals surface area (Å²) >= 11 is 0. The molecular formula is C17H16N4O2. The van der Waals surface area contributed by atoms with Gasteiger partial charge < -0.3 is 10.1 Å². The van der Waals surface area contributed by atoms with Crippen molar-refractivity contribution in [3.05, 3.63) is 42.5 Å². The highest BCUT2D eigenvalue weighted by atomic mass is 16.5. The van der Waals surface area contributed by atoms with Gasteiger partial charge >= 0.3 is 0 Å². The molecule has 6 heteroatoms. The molecule has 0 unspecified atom stereocenters. The Morgan fingerprint density at radius 2 is 1.87 bits per heavy atom. The van der Waals surface area contributed by atoms with Crippen molar-refractivity contribution in [3.8, 4) is 11.4 Å². The number of ether oxygens (including phenoxy) is 1. The minimum atomic E-state index is 0.0897. The summed E-state index contributed by atoms with van der Waals surface area (Å²) in [7, 11) is 1.63. The van der Waals surface area contributed by atoms with E-state index < -0.39 is 0 Å². The minimum absolute atomic E-state index is 0.0897. The first-order valence-electron chi connectivity index (χ1n) is 7.55. The van der Waals surface area contributed by atoms with Gasteiger partial charge in [0.15, 0.2) is 0 Å². The van der Waals surface area contributed by atoms with Crippen LogP contribution in [0.1, 0.15) is 12.8 Å². The molecule has 3 aromatic rings. The predicted octanol–water partition coefficient (Wildman–Crippen LogP) is 2.78. The lowest BCUT2D eigenvalue weighted by Crippen LogP contribution is -2.13. The number of nitrogens with one attached hydrogen (secondary N) is 1. The van der Waals surface area contributed by atoms with Crippen LogP contribution in [-0.4, -0.2) is 28.0 Å². The molecule has 0 bridgehead atoms. The zero-order valence-corrected chi connectivity index (χ0v) is 12.7. The van der Waals surface area contributed by atoms with Crippen LogP contribution >= 0.6 is 0 Å². The first kappa shape index (κ1) is 13.8. The molecule has 1 aromatic heterocycles. The van der Waals surface area contributed by atoms with Gasteiger partial charge in [-0.15, -0.1) is 10.2 Å². The van der Waals surface area contributed by atoms with Crippen LogP contribution < -0.4 is 10.1 Å². The van der Waals surface area contributed by atoms with E-state index in [9.17, 15) is 4.79 Å². The number of carbonyl (C=O) groups excluding carboxylic acids is 1. The summed E-state index contributed by atoms with van der Waals surface area (Å²) in [5, 5.41) is 11.9.